The lowest BCUT2D eigenvalue weighted by Gasteiger charge is -2.34. The molecule has 1 atom stereocenters. The average molecular weight is 475 g/mol. The molecular formula is C26H27FN6O2. The van der Waals surface area contributed by atoms with Gasteiger partial charge in [0.05, 0.1) is 42.4 Å². The van der Waals surface area contributed by atoms with E-state index in [4.69, 9.17) is 4.74 Å². The Morgan fingerprint density at radius 3 is 2.77 bits per heavy atom. The van der Waals surface area contributed by atoms with Crippen LogP contribution >= 0.6 is 0 Å². The Bertz CT molecular complexity index is 1430. The predicted molar refractivity (Wildman–Crippen MR) is 135 cm³/mol. The van der Waals surface area contributed by atoms with Crippen LogP contribution in [0.1, 0.15) is 23.7 Å². The van der Waals surface area contributed by atoms with Gasteiger partial charge in [0.2, 0.25) is 5.91 Å². The van der Waals surface area contributed by atoms with Crippen molar-refractivity contribution in [1.29, 1.82) is 0 Å². The van der Waals surface area contributed by atoms with Crippen LogP contribution in [0.4, 0.5) is 21.6 Å². The van der Waals surface area contributed by atoms with E-state index in [1.54, 1.807) is 12.1 Å². The number of benzene rings is 2. The zero-order valence-corrected chi connectivity index (χ0v) is 20.1. The van der Waals surface area contributed by atoms with Crippen LogP contribution in [0.3, 0.4) is 0 Å². The van der Waals surface area contributed by atoms with Gasteiger partial charge in [-0.2, -0.15) is 5.10 Å². The third-order valence-corrected chi connectivity index (χ3v) is 6.50. The second-order valence-electron chi connectivity index (χ2n) is 8.78. The first-order valence-corrected chi connectivity index (χ1v) is 11.4. The van der Waals surface area contributed by atoms with Crippen LogP contribution in [-0.4, -0.2) is 40.9 Å². The first-order valence-electron chi connectivity index (χ1n) is 11.4. The second-order valence-corrected chi connectivity index (χ2v) is 8.78. The van der Waals surface area contributed by atoms with Crippen LogP contribution in [0.25, 0.3) is 10.9 Å². The number of carbonyl (C=O) groups is 1. The third kappa shape index (κ3) is 4.25. The SMILES string of the molecule is COc1cc(Cn2ncc3cc(CNc4cc5c(c(C)n4)NC(=O)[C@H](C)N5C)ccc32)ccc1F. The monoisotopic (exact) mass is 474 g/mol. The van der Waals surface area contributed by atoms with Crippen LogP contribution in [-0.2, 0) is 17.9 Å². The summed E-state index contributed by atoms with van der Waals surface area (Å²) in [5, 5.41) is 11.9. The molecule has 2 aromatic heterocycles. The maximum Gasteiger partial charge on any atom is 0.246 e. The Balaban J connectivity index is 1.32. The topological polar surface area (TPSA) is 84.3 Å². The van der Waals surface area contributed by atoms with E-state index >= 15 is 0 Å². The lowest BCUT2D eigenvalue weighted by Crippen LogP contribution is -2.44. The highest BCUT2D eigenvalue weighted by Crippen LogP contribution is 2.35. The van der Waals surface area contributed by atoms with Crippen molar-refractivity contribution in [1.82, 2.24) is 14.8 Å². The molecule has 0 saturated carbocycles. The Morgan fingerprint density at radius 1 is 1.17 bits per heavy atom. The number of pyridine rings is 1. The molecule has 0 bridgehead atoms. The lowest BCUT2D eigenvalue weighted by atomic mass is 10.1. The third-order valence-electron chi connectivity index (χ3n) is 6.50. The van der Waals surface area contributed by atoms with Gasteiger partial charge in [-0.15, -0.1) is 0 Å². The maximum atomic E-state index is 13.7. The molecule has 0 radical (unpaired) electrons. The quantitative estimate of drug-likeness (QED) is 0.433. The molecule has 3 heterocycles. The van der Waals surface area contributed by atoms with E-state index in [2.05, 4.69) is 32.8 Å². The minimum absolute atomic E-state index is 0.0296. The van der Waals surface area contributed by atoms with Crippen LogP contribution in [0.15, 0.2) is 48.7 Å². The van der Waals surface area contributed by atoms with Gasteiger partial charge in [-0.3, -0.25) is 9.48 Å². The Hall–Kier alpha value is -4.14. The fourth-order valence-corrected chi connectivity index (χ4v) is 4.33. The summed E-state index contributed by atoms with van der Waals surface area (Å²) in [6, 6.07) is 12.7. The number of fused-ring (bicyclic) bond motifs is 2. The fraction of sp³-hybridized carbons (Fsp3) is 0.269. The van der Waals surface area contributed by atoms with Crippen molar-refractivity contribution in [3.8, 4) is 5.75 Å². The smallest absolute Gasteiger partial charge is 0.246 e. The molecule has 180 valence electrons. The molecule has 1 aliphatic rings. The minimum atomic E-state index is -0.381. The second kappa shape index (κ2) is 8.90. The number of carbonyl (C=O) groups excluding carboxylic acids is 1. The van der Waals surface area contributed by atoms with E-state index in [1.165, 1.54) is 13.2 Å². The number of nitrogens with one attached hydrogen (secondary N) is 2. The molecule has 0 unspecified atom stereocenters. The first kappa shape index (κ1) is 22.6. The molecular weight excluding hydrogens is 447 g/mol. The zero-order valence-electron chi connectivity index (χ0n) is 20.1. The van der Waals surface area contributed by atoms with Gasteiger partial charge in [0, 0.05) is 25.0 Å². The zero-order chi connectivity index (χ0) is 24.7. The van der Waals surface area contributed by atoms with Gasteiger partial charge in [-0.25, -0.2) is 9.37 Å². The summed E-state index contributed by atoms with van der Waals surface area (Å²) in [5.41, 5.74) is 5.46. The summed E-state index contributed by atoms with van der Waals surface area (Å²) in [5.74, 6) is 0.560. The summed E-state index contributed by atoms with van der Waals surface area (Å²) in [6.07, 6.45) is 1.83. The normalized spacial score (nSPS) is 15.2. The van der Waals surface area contributed by atoms with Crippen molar-refractivity contribution in [2.24, 2.45) is 0 Å². The average Bonchev–Trinajstić information content (AvgIpc) is 3.25. The largest absolute Gasteiger partial charge is 0.494 e. The van der Waals surface area contributed by atoms with Crippen molar-refractivity contribution in [2.75, 3.05) is 29.7 Å². The van der Waals surface area contributed by atoms with E-state index in [-0.39, 0.29) is 23.5 Å². The van der Waals surface area contributed by atoms with E-state index in [9.17, 15) is 9.18 Å². The number of methoxy groups -OCH3 is 1. The number of nitrogens with zero attached hydrogens (tertiary/aromatic N) is 4. The molecule has 5 rings (SSSR count). The van der Waals surface area contributed by atoms with Gasteiger partial charge in [-0.05, 0) is 49.2 Å². The number of hydrogen-bond donors (Lipinski definition) is 2. The lowest BCUT2D eigenvalue weighted by molar-refractivity contribution is -0.117. The van der Waals surface area contributed by atoms with E-state index < -0.39 is 0 Å². The number of rotatable bonds is 6. The molecule has 35 heavy (non-hydrogen) atoms. The molecule has 9 heteroatoms. The molecule has 2 N–H and O–H groups in total. The molecule has 0 fully saturated rings. The van der Waals surface area contributed by atoms with Crippen LogP contribution < -0.4 is 20.3 Å². The standard InChI is InChI=1S/C26H27FN6O2/c1-15-25-22(32(3)16(2)26(34)31-25)11-24(30-15)28-12-17-6-8-21-19(9-17)13-29-33(21)14-18-5-7-20(27)23(10-18)35-4/h5-11,13,16H,12,14H2,1-4H3,(H,28,30)(H,31,34)/t16-/m0/s1. The number of ether oxygens (including phenoxy) is 1. The molecule has 0 spiro atoms. The molecule has 2 aromatic carbocycles. The number of likely N-dealkylation sites (N-methyl/N-ethyl adjacent to an activating group) is 1. The minimum Gasteiger partial charge on any atom is -0.494 e. The Morgan fingerprint density at radius 2 is 1.97 bits per heavy atom. The van der Waals surface area contributed by atoms with E-state index in [0.29, 0.717) is 13.1 Å². The molecule has 0 aliphatic carbocycles. The van der Waals surface area contributed by atoms with Crippen molar-refractivity contribution in [2.45, 2.75) is 33.0 Å². The summed E-state index contributed by atoms with van der Waals surface area (Å²) in [7, 11) is 3.37. The molecule has 1 aliphatic heterocycles. The van der Waals surface area contributed by atoms with E-state index in [0.717, 1.165) is 44.9 Å². The number of anilines is 3. The van der Waals surface area contributed by atoms with Gasteiger partial charge in [0.25, 0.3) is 0 Å². The first-order chi connectivity index (χ1) is 16.8. The number of aryl methyl sites for hydroxylation is 1. The van der Waals surface area contributed by atoms with Crippen molar-refractivity contribution >= 4 is 34.0 Å². The maximum absolute atomic E-state index is 13.7. The van der Waals surface area contributed by atoms with Gasteiger partial charge in [0.15, 0.2) is 11.6 Å². The van der Waals surface area contributed by atoms with E-state index in [1.807, 2.05) is 48.8 Å². The van der Waals surface area contributed by atoms with Crippen molar-refractivity contribution in [3.63, 3.8) is 0 Å². The van der Waals surface area contributed by atoms with Crippen LogP contribution in [0.5, 0.6) is 5.75 Å². The fourth-order valence-electron chi connectivity index (χ4n) is 4.33. The van der Waals surface area contributed by atoms with Crippen molar-refractivity contribution in [3.05, 3.63) is 71.3 Å². The summed E-state index contributed by atoms with van der Waals surface area (Å²) < 4.78 is 20.7. The van der Waals surface area contributed by atoms with Gasteiger partial charge in [0.1, 0.15) is 11.9 Å². The van der Waals surface area contributed by atoms with Gasteiger partial charge in [-0.1, -0.05) is 12.1 Å². The number of hydrogen-bond acceptors (Lipinski definition) is 6. The van der Waals surface area contributed by atoms with Crippen LogP contribution in [0, 0.1) is 12.7 Å². The van der Waals surface area contributed by atoms with Crippen molar-refractivity contribution < 1.29 is 13.9 Å². The molecule has 0 saturated heterocycles. The number of amides is 1. The highest BCUT2D eigenvalue weighted by atomic mass is 19.1. The van der Waals surface area contributed by atoms with Gasteiger partial charge >= 0.3 is 0 Å². The highest BCUT2D eigenvalue weighted by molar-refractivity contribution is 6.04. The van der Waals surface area contributed by atoms with Gasteiger partial charge < -0.3 is 20.3 Å². The molecule has 1 amide bonds. The summed E-state index contributed by atoms with van der Waals surface area (Å²) in [6.45, 7) is 4.88. The predicted octanol–water partition coefficient (Wildman–Crippen LogP) is 4.32. The molecule has 4 aromatic rings. The molecule has 8 nitrogen and oxygen atoms in total. The van der Waals surface area contributed by atoms with Crippen LogP contribution in [0.2, 0.25) is 0 Å². The number of halogens is 1. The number of aromatic nitrogens is 3. The Labute approximate surface area is 202 Å². The summed E-state index contributed by atoms with van der Waals surface area (Å²) in [4.78, 5) is 18.7. The highest BCUT2D eigenvalue weighted by Gasteiger charge is 2.28. The Kier molecular flexibility index (Phi) is 5.76. The summed E-state index contributed by atoms with van der Waals surface area (Å²) >= 11 is 0.